The van der Waals surface area contributed by atoms with Crippen LogP contribution >= 0.6 is 0 Å². The quantitative estimate of drug-likeness (QED) is 0.379. The standard InChI is InChI=1S/C18H15F3N2O5/c19-18(20,21)13-6-3-5-11(8-13)15(9-24)23-28-10-12-4-1-2-7-14(12)16(22-27)17(25)26/h1-8,24,27H,9-10H2,(H,25,26)/b22-16+,23-15+. The predicted molar refractivity (Wildman–Crippen MR) is 92.3 cm³/mol. The van der Waals surface area contributed by atoms with Gasteiger partial charge in [0.05, 0.1) is 12.2 Å². The molecule has 2 aromatic carbocycles. The van der Waals surface area contributed by atoms with E-state index >= 15 is 0 Å². The molecule has 2 rings (SSSR count). The number of carbonyl (C=O) groups is 1. The number of oxime groups is 2. The fourth-order valence-corrected chi connectivity index (χ4v) is 2.32. The molecule has 0 saturated heterocycles. The lowest BCUT2D eigenvalue weighted by Gasteiger charge is -2.10. The number of alkyl halides is 3. The summed E-state index contributed by atoms with van der Waals surface area (Å²) in [6.45, 7) is -0.952. The maximum Gasteiger partial charge on any atom is 0.416 e. The molecule has 2 aromatic rings. The SMILES string of the molecule is O=C(O)/C(=N/O)c1ccccc1CO/N=C(\CO)c1cccc(C(F)(F)F)c1. The van der Waals surface area contributed by atoms with E-state index in [1.54, 1.807) is 6.07 Å². The third-order valence-electron chi connectivity index (χ3n) is 3.64. The van der Waals surface area contributed by atoms with E-state index in [4.69, 9.17) is 15.2 Å². The van der Waals surface area contributed by atoms with Gasteiger partial charge in [0.15, 0.2) is 5.71 Å². The van der Waals surface area contributed by atoms with E-state index in [1.807, 2.05) is 0 Å². The summed E-state index contributed by atoms with van der Waals surface area (Å²) < 4.78 is 38.4. The van der Waals surface area contributed by atoms with Gasteiger partial charge in [-0.25, -0.2) is 4.79 Å². The van der Waals surface area contributed by atoms with Crippen molar-refractivity contribution in [3.05, 3.63) is 70.8 Å². The second-order valence-electron chi connectivity index (χ2n) is 5.46. The van der Waals surface area contributed by atoms with Gasteiger partial charge in [0.25, 0.3) is 0 Å². The number of rotatable bonds is 7. The third-order valence-corrected chi connectivity index (χ3v) is 3.64. The first-order chi connectivity index (χ1) is 13.3. The van der Waals surface area contributed by atoms with Gasteiger partial charge in [-0.15, -0.1) is 0 Å². The average Bonchev–Trinajstić information content (AvgIpc) is 2.66. The average molecular weight is 396 g/mol. The first-order valence-electron chi connectivity index (χ1n) is 7.79. The molecule has 0 aliphatic carbocycles. The van der Waals surface area contributed by atoms with Crippen LogP contribution in [0.25, 0.3) is 0 Å². The lowest BCUT2D eigenvalue weighted by Crippen LogP contribution is -2.17. The van der Waals surface area contributed by atoms with Crippen molar-refractivity contribution in [2.75, 3.05) is 6.61 Å². The highest BCUT2D eigenvalue weighted by molar-refractivity contribution is 6.42. The Bertz CT molecular complexity index is 910. The molecule has 0 saturated carbocycles. The Balaban J connectivity index is 2.24. The Morgan fingerprint density at radius 3 is 2.43 bits per heavy atom. The van der Waals surface area contributed by atoms with Crippen molar-refractivity contribution < 1.29 is 38.2 Å². The van der Waals surface area contributed by atoms with E-state index in [1.165, 1.54) is 30.3 Å². The lowest BCUT2D eigenvalue weighted by atomic mass is 10.0. The van der Waals surface area contributed by atoms with Gasteiger partial charge in [0.2, 0.25) is 0 Å². The Labute approximate surface area is 157 Å². The number of hydrogen-bond acceptors (Lipinski definition) is 6. The van der Waals surface area contributed by atoms with Crippen LogP contribution in [0.4, 0.5) is 13.2 Å². The van der Waals surface area contributed by atoms with Crippen LogP contribution in [0.1, 0.15) is 22.3 Å². The Morgan fingerprint density at radius 2 is 1.82 bits per heavy atom. The highest BCUT2D eigenvalue weighted by Gasteiger charge is 2.30. The van der Waals surface area contributed by atoms with Crippen molar-refractivity contribution in [1.29, 1.82) is 0 Å². The minimum absolute atomic E-state index is 0.0220. The summed E-state index contributed by atoms with van der Waals surface area (Å²) in [6, 6.07) is 10.2. The predicted octanol–water partition coefficient (Wildman–Crippen LogP) is 2.88. The van der Waals surface area contributed by atoms with E-state index < -0.39 is 30.0 Å². The van der Waals surface area contributed by atoms with Crippen molar-refractivity contribution in [3.63, 3.8) is 0 Å². The van der Waals surface area contributed by atoms with E-state index in [0.717, 1.165) is 12.1 Å². The zero-order valence-corrected chi connectivity index (χ0v) is 14.2. The number of halogens is 3. The Kier molecular flexibility index (Phi) is 6.72. The molecule has 3 N–H and O–H groups in total. The molecular weight excluding hydrogens is 381 g/mol. The maximum absolute atomic E-state index is 12.8. The maximum atomic E-state index is 12.8. The molecule has 7 nitrogen and oxygen atoms in total. The second-order valence-corrected chi connectivity index (χ2v) is 5.46. The number of nitrogens with zero attached hydrogens (tertiary/aromatic N) is 2. The topological polar surface area (TPSA) is 112 Å². The van der Waals surface area contributed by atoms with Crippen LogP contribution in [0, 0.1) is 0 Å². The van der Waals surface area contributed by atoms with Crippen molar-refractivity contribution in [2.45, 2.75) is 12.8 Å². The molecule has 0 heterocycles. The smallest absolute Gasteiger partial charge is 0.416 e. The fraction of sp³-hybridized carbons (Fsp3) is 0.167. The number of hydrogen-bond donors (Lipinski definition) is 3. The van der Waals surface area contributed by atoms with Gasteiger partial charge in [0.1, 0.15) is 12.3 Å². The monoisotopic (exact) mass is 396 g/mol. The molecule has 0 fully saturated rings. The van der Waals surface area contributed by atoms with Gasteiger partial charge < -0.3 is 20.3 Å². The van der Waals surface area contributed by atoms with Gasteiger partial charge >= 0.3 is 12.1 Å². The zero-order chi connectivity index (χ0) is 20.7. The highest BCUT2D eigenvalue weighted by atomic mass is 19.4. The molecule has 148 valence electrons. The molecule has 0 radical (unpaired) electrons. The third kappa shape index (κ3) is 5.07. The summed E-state index contributed by atoms with van der Waals surface area (Å²) in [6.07, 6.45) is -4.55. The van der Waals surface area contributed by atoms with E-state index in [0.29, 0.717) is 5.56 Å². The summed E-state index contributed by atoms with van der Waals surface area (Å²) in [5.74, 6) is -1.46. The molecule has 0 unspecified atom stereocenters. The molecule has 0 aliphatic rings. The summed E-state index contributed by atoms with van der Waals surface area (Å²) >= 11 is 0. The molecule has 0 spiro atoms. The van der Waals surface area contributed by atoms with Gasteiger partial charge in [-0.05, 0) is 12.1 Å². The minimum Gasteiger partial charge on any atom is -0.476 e. The van der Waals surface area contributed by atoms with E-state index in [2.05, 4.69) is 10.3 Å². The number of benzene rings is 2. The van der Waals surface area contributed by atoms with Gasteiger partial charge in [-0.3, -0.25) is 0 Å². The molecule has 0 bridgehead atoms. The molecule has 28 heavy (non-hydrogen) atoms. The molecule has 10 heteroatoms. The number of aliphatic hydroxyl groups is 1. The summed E-state index contributed by atoms with van der Waals surface area (Å²) in [7, 11) is 0. The van der Waals surface area contributed by atoms with Gasteiger partial charge in [0, 0.05) is 16.7 Å². The molecule has 0 amide bonds. The molecule has 0 aromatic heterocycles. The van der Waals surface area contributed by atoms with Gasteiger partial charge in [-0.1, -0.05) is 46.7 Å². The number of aliphatic hydroxyl groups excluding tert-OH is 1. The second kappa shape index (κ2) is 9.00. The van der Waals surface area contributed by atoms with Crippen molar-refractivity contribution in [2.24, 2.45) is 10.3 Å². The number of carboxylic acid groups (broad SMARTS) is 1. The summed E-state index contributed by atoms with van der Waals surface area (Å²) in [5.41, 5.74) is -1.24. The minimum atomic E-state index is -4.55. The number of carboxylic acids is 1. The lowest BCUT2D eigenvalue weighted by molar-refractivity contribution is -0.137. The highest BCUT2D eigenvalue weighted by Crippen LogP contribution is 2.29. The first kappa shape index (κ1) is 20.9. The Hall–Kier alpha value is -3.40. The van der Waals surface area contributed by atoms with Crippen LogP contribution < -0.4 is 0 Å². The van der Waals surface area contributed by atoms with Crippen LogP contribution in [-0.2, 0) is 22.4 Å². The van der Waals surface area contributed by atoms with Crippen LogP contribution in [0.5, 0.6) is 0 Å². The zero-order valence-electron chi connectivity index (χ0n) is 14.2. The van der Waals surface area contributed by atoms with E-state index in [9.17, 15) is 23.1 Å². The normalized spacial score (nSPS) is 12.7. The molecule has 0 atom stereocenters. The van der Waals surface area contributed by atoms with Gasteiger partial charge in [-0.2, -0.15) is 13.2 Å². The fourth-order valence-electron chi connectivity index (χ4n) is 2.32. The van der Waals surface area contributed by atoms with E-state index in [-0.39, 0.29) is 23.4 Å². The Morgan fingerprint density at radius 1 is 1.11 bits per heavy atom. The van der Waals surface area contributed by atoms with Crippen molar-refractivity contribution in [1.82, 2.24) is 0 Å². The van der Waals surface area contributed by atoms with Crippen molar-refractivity contribution >= 4 is 17.4 Å². The van der Waals surface area contributed by atoms with Crippen LogP contribution in [0.15, 0.2) is 58.8 Å². The molecule has 0 aliphatic heterocycles. The molecular formula is C18H15F3N2O5. The summed E-state index contributed by atoms with van der Waals surface area (Å²) in [4.78, 5) is 16.2. The number of aliphatic carboxylic acids is 1. The van der Waals surface area contributed by atoms with Crippen LogP contribution in [0.3, 0.4) is 0 Å². The van der Waals surface area contributed by atoms with Crippen LogP contribution in [0.2, 0.25) is 0 Å². The van der Waals surface area contributed by atoms with Crippen molar-refractivity contribution in [3.8, 4) is 0 Å². The largest absolute Gasteiger partial charge is 0.476 e. The van der Waals surface area contributed by atoms with Crippen LogP contribution in [-0.4, -0.2) is 39.4 Å². The first-order valence-corrected chi connectivity index (χ1v) is 7.79. The summed E-state index contributed by atoms with van der Waals surface area (Å²) in [5, 5.41) is 33.7.